The van der Waals surface area contributed by atoms with Crippen LogP contribution in [-0.2, 0) is 11.8 Å². The van der Waals surface area contributed by atoms with Gasteiger partial charge in [0, 0.05) is 37.8 Å². The molecule has 2 aliphatic heterocycles. The van der Waals surface area contributed by atoms with Crippen molar-refractivity contribution in [1.29, 1.82) is 0 Å². The summed E-state index contributed by atoms with van der Waals surface area (Å²) >= 11 is 12.2. The van der Waals surface area contributed by atoms with Gasteiger partial charge < -0.3 is 15.4 Å². The van der Waals surface area contributed by atoms with Crippen LogP contribution in [0.5, 0.6) is 5.75 Å². The van der Waals surface area contributed by atoms with E-state index in [9.17, 15) is 4.79 Å². The fourth-order valence-electron chi connectivity index (χ4n) is 3.56. The van der Waals surface area contributed by atoms with Crippen LogP contribution in [0.3, 0.4) is 0 Å². The first kappa shape index (κ1) is 19.3. The topological polar surface area (TPSA) is 68.2 Å². The van der Waals surface area contributed by atoms with E-state index in [0.29, 0.717) is 28.9 Å². The van der Waals surface area contributed by atoms with E-state index in [1.54, 1.807) is 10.7 Å². The van der Waals surface area contributed by atoms with Crippen molar-refractivity contribution in [3.05, 3.63) is 45.7 Å². The van der Waals surface area contributed by atoms with Crippen molar-refractivity contribution < 1.29 is 9.53 Å². The third-order valence-electron chi connectivity index (χ3n) is 4.87. The molecule has 0 radical (unpaired) electrons. The normalized spacial score (nSPS) is 23.9. The second kappa shape index (κ2) is 7.64. The minimum absolute atomic E-state index is 0. The molecule has 2 aromatic rings. The van der Waals surface area contributed by atoms with E-state index < -0.39 is 0 Å². The lowest BCUT2D eigenvalue weighted by Crippen LogP contribution is -2.37. The highest BCUT2D eigenvalue weighted by Gasteiger charge is 2.37. The maximum atomic E-state index is 12.9. The minimum Gasteiger partial charge on any atom is -0.489 e. The number of fused-ring (bicyclic) bond motifs is 1. The number of rotatable bonds is 3. The molecule has 26 heavy (non-hydrogen) atoms. The zero-order valence-corrected chi connectivity index (χ0v) is 16.4. The average Bonchev–Trinajstić information content (AvgIpc) is 3.30. The number of carbonyl (C=O) groups excluding carboxylic acids is 1. The van der Waals surface area contributed by atoms with E-state index in [2.05, 4.69) is 15.7 Å². The van der Waals surface area contributed by atoms with Crippen LogP contribution in [0.1, 0.15) is 23.1 Å². The largest absolute Gasteiger partial charge is 0.489 e. The molecule has 2 N–H and O–H groups in total. The van der Waals surface area contributed by atoms with Crippen LogP contribution >= 0.6 is 35.6 Å². The molecule has 3 atom stereocenters. The average molecular weight is 418 g/mol. The molecule has 1 aromatic heterocycles. The van der Waals surface area contributed by atoms with Gasteiger partial charge in [0.2, 0.25) is 5.91 Å². The van der Waals surface area contributed by atoms with Gasteiger partial charge in [0.25, 0.3) is 0 Å². The van der Waals surface area contributed by atoms with Crippen LogP contribution in [-0.4, -0.2) is 35.4 Å². The number of benzene rings is 1. The SMILES string of the molecule is Cl.Cn1cc([C@H]2CNC[C@@H]2C(=O)NC2COc3c2ccc(Cl)c3Cl)cn1. The van der Waals surface area contributed by atoms with E-state index in [0.717, 1.165) is 17.7 Å². The Morgan fingerprint density at radius 3 is 2.92 bits per heavy atom. The first-order valence-electron chi connectivity index (χ1n) is 8.15. The van der Waals surface area contributed by atoms with Gasteiger partial charge in [0.05, 0.1) is 23.2 Å². The molecule has 1 unspecified atom stereocenters. The lowest BCUT2D eigenvalue weighted by Gasteiger charge is -2.19. The Morgan fingerprint density at radius 2 is 2.19 bits per heavy atom. The van der Waals surface area contributed by atoms with E-state index in [1.807, 2.05) is 25.5 Å². The number of hydrogen-bond acceptors (Lipinski definition) is 4. The van der Waals surface area contributed by atoms with Crippen LogP contribution in [0.4, 0.5) is 0 Å². The van der Waals surface area contributed by atoms with Crippen LogP contribution in [0.2, 0.25) is 10.0 Å². The van der Waals surface area contributed by atoms with Crippen LogP contribution < -0.4 is 15.4 Å². The Kier molecular flexibility index (Phi) is 5.67. The zero-order valence-electron chi connectivity index (χ0n) is 14.0. The Bertz CT molecular complexity index is 826. The smallest absolute Gasteiger partial charge is 0.225 e. The number of hydrogen-bond donors (Lipinski definition) is 2. The number of aryl methyl sites for hydroxylation is 1. The zero-order chi connectivity index (χ0) is 17.6. The lowest BCUT2D eigenvalue weighted by molar-refractivity contribution is -0.125. The van der Waals surface area contributed by atoms with E-state index in [4.69, 9.17) is 27.9 Å². The summed E-state index contributed by atoms with van der Waals surface area (Å²) in [6.45, 7) is 1.77. The maximum absolute atomic E-state index is 12.9. The second-order valence-corrected chi connectivity index (χ2v) is 7.26. The van der Waals surface area contributed by atoms with Crippen LogP contribution in [0, 0.1) is 5.92 Å². The molecule has 9 heteroatoms. The number of ether oxygens (including phenoxy) is 1. The molecule has 0 saturated carbocycles. The molecule has 0 bridgehead atoms. The quantitative estimate of drug-likeness (QED) is 0.806. The summed E-state index contributed by atoms with van der Waals surface area (Å²) in [5.74, 6) is 0.541. The van der Waals surface area contributed by atoms with Gasteiger partial charge in [-0.15, -0.1) is 12.4 Å². The van der Waals surface area contributed by atoms with Gasteiger partial charge >= 0.3 is 0 Å². The van der Waals surface area contributed by atoms with Gasteiger partial charge in [-0.05, 0) is 11.6 Å². The van der Waals surface area contributed by atoms with Crippen LogP contribution in [0.15, 0.2) is 24.5 Å². The highest BCUT2D eigenvalue weighted by molar-refractivity contribution is 6.43. The fraction of sp³-hybridized carbons (Fsp3) is 0.412. The number of carbonyl (C=O) groups is 1. The fourth-order valence-corrected chi connectivity index (χ4v) is 3.93. The molecule has 2 aliphatic rings. The standard InChI is InChI=1S/C17H18Cl2N4O2.ClH/c1-23-7-9(4-21-23)11-5-20-6-12(11)17(24)22-14-8-25-16-10(14)2-3-13(18)15(16)19;/h2-4,7,11-12,14,20H,5-6,8H2,1H3,(H,22,24);1H/t11-,12+,14?;/m1./s1. The number of nitrogens with zero attached hydrogens (tertiary/aromatic N) is 2. The maximum Gasteiger partial charge on any atom is 0.225 e. The monoisotopic (exact) mass is 416 g/mol. The highest BCUT2D eigenvalue weighted by Crippen LogP contribution is 2.42. The van der Waals surface area contributed by atoms with Gasteiger partial charge in [-0.25, -0.2) is 0 Å². The molecule has 1 saturated heterocycles. The molecule has 1 fully saturated rings. The summed E-state index contributed by atoms with van der Waals surface area (Å²) in [6, 6.07) is 3.37. The highest BCUT2D eigenvalue weighted by atomic mass is 35.5. The van der Waals surface area contributed by atoms with Crippen molar-refractivity contribution in [2.24, 2.45) is 13.0 Å². The third-order valence-corrected chi connectivity index (χ3v) is 5.66. The minimum atomic E-state index is -0.215. The van der Waals surface area contributed by atoms with Crippen molar-refractivity contribution in [3.8, 4) is 5.75 Å². The summed E-state index contributed by atoms with van der Waals surface area (Å²) in [5.41, 5.74) is 1.94. The molecular weight excluding hydrogens is 399 g/mol. The first-order valence-corrected chi connectivity index (χ1v) is 8.90. The van der Waals surface area contributed by atoms with Crippen molar-refractivity contribution in [2.75, 3.05) is 19.7 Å². The summed E-state index contributed by atoms with van der Waals surface area (Å²) in [7, 11) is 1.88. The third kappa shape index (κ3) is 3.39. The van der Waals surface area contributed by atoms with E-state index in [1.165, 1.54) is 0 Å². The molecule has 6 nitrogen and oxygen atoms in total. The van der Waals surface area contributed by atoms with Crippen molar-refractivity contribution in [3.63, 3.8) is 0 Å². The summed E-state index contributed by atoms with van der Waals surface area (Å²) < 4.78 is 7.40. The van der Waals surface area contributed by atoms with Gasteiger partial charge in [-0.3, -0.25) is 9.48 Å². The molecular formula is C17H19Cl3N4O2. The van der Waals surface area contributed by atoms with E-state index >= 15 is 0 Å². The number of amides is 1. The number of halogens is 3. The Labute approximate surface area is 167 Å². The predicted molar refractivity (Wildman–Crippen MR) is 102 cm³/mol. The Morgan fingerprint density at radius 1 is 1.38 bits per heavy atom. The first-order chi connectivity index (χ1) is 12.0. The number of nitrogens with one attached hydrogen (secondary N) is 2. The molecule has 140 valence electrons. The van der Waals surface area contributed by atoms with E-state index in [-0.39, 0.29) is 36.2 Å². The molecule has 4 rings (SSSR count). The lowest BCUT2D eigenvalue weighted by atomic mass is 9.90. The van der Waals surface area contributed by atoms with Crippen molar-refractivity contribution >= 4 is 41.5 Å². The molecule has 0 aliphatic carbocycles. The van der Waals surface area contributed by atoms with Gasteiger partial charge in [-0.2, -0.15) is 5.10 Å². The molecule has 3 heterocycles. The molecule has 1 aromatic carbocycles. The van der Waals surface area contributed by atoms with Gasteiger partial charge in [-0.1, -0.05) is 29.3 Å². The van der Waals surface area contributed by atoms with Crippen molar-refractivity contribution in [1.82, 2.24) is 20.4 Å². The Balaban J connectivity index is 0.00000196. The molecule has 0 spiro atoms. The predicted octanol–water partition coefficient (Wildman–Crippen LogP) is 2.70. The summed E-state index contributed by atoms with van der Waals surface area (Å²) in [5, 5.41) is 11.5. The second-order valence-electron chi connectivity index (χ2n) is 6.47. The Hall–Kier alpha value is -1.47. The summed E-state index contributed by atoms with van der Waals surface area (Å²) in [4.78, 5) is 12.9. The van der Waals surface area contributed by atoms with Crippen LogP contribution in [0.25, 0.3) is 0 Å². The summed E-state index contributed by atoms with van der Waals surface area (Å²) in [6.07, 6.45) is 3.79. The molecule has 1 amide bonds. The van der Waals surface area contributed by atoms with Crippen molar-refractivity contribution in [2.45, 2.75) is 12.0 Å². The number of aromatic nitrogens is 2. The van der Waals surface area contributed by atoms with Gasteiger partial charge in [0.1, 0.15) is 17.4 Å². The van der Waals surface area contributed by atoms with Gasteiger partial charge in [0.15, 0.2) is 0 Å².